The van der Waals surface area contributed by atoms with Gasteiger partial charge in [-0.25, -0.2) is 4.98 Å². The Bertz CT molecular complexity index is 701. The van der Waals surface area contributed by atoms with Gasteiger partial charge in [-0.05, 0) is 56.6 Å². The molecule has 0 spiro atoms. The van der Waals surface area contributed by atoms with Crippen LogP contribution in [0.15, 0.2) is 6.07 Å². The first-order valence-corrected chi connectivity index (χ1v) is 9.49. The van der Waals surface area contributed by atoms with Crippen LogP contribution in [0.2, 0.25) is 0 Å². The van der Waals surface area contributed by atoms with Gasteiger partial charge in [0.05, 0.1) is 10.6 Å². The maximum atomic E-state index is 12.5. The number of nitrogens with zero attached hydrogens (tertiary/aromatic N) is 1. The average molecular weight is 370 g/mol. The van der Waals surface area contributed by atoms with Gasteiger partial charge in [-0.3, -0.25) is 10.1 Å². The van der Waals surface area contributed by atoms with Gasteiger partial charge < -0.3 is 5.73 Å². The summed E-state index contributed by atoms with van der Waals surface area (Å²) in [5, 5.41) is 3.70. The number of rotatable bonds is 2. The maximum Gasteiger partial charge on any atom is 0.267 e. The zero-order chi connectivity index (χ0) is 15.1. The largest absolute Gasteiger partial charge is 0.327 e. The van der Waals surface area contributed by atoms with Gasteiger partial charge in [0.2, 0.25) is 0 Å². The normalized spacial score (nSPS) is 19.4. The van der Waals surface area contributed by atoms with Crippen molar-refractivity contribution < 1.29 is 4.79 Å². The van der Waals surface area contributed by atoms with E-state index in [1.807, 2.05) is 0 Å². The highest BCUT2D eigenvalue weighted by Crippen LogP contribution is 2.32. The number of aromatic nitrogens is 1. The minimum atomic E-state index is -0.0187. The van der Waals surface area contributed by atoms with Crippen LogP contribution in [-0.2, 0) is 25.7 Å². The molecule has 0 saturated carbocycles. The number of aryl methyl sites for hydroxylation is 3. The van der Waals surface area contributed by atoms with Crippen LogP contribution in [0.1, 0.15) is 49.9 Å². The predicted octanol–water partition coefficient (Wildman–Crippen LogP) is 3.57. The number of halogens is 1. The quantitative estimate of drug-likeness (QED) is 0.850. The van der Waals surface area contributed by atoms with Gasteiger partial charge in [-0.15, -0.1) is 35.1 Å². The lowest BCUT2D eigenvalue weighted by Gasteiger charge is -2.15. The van der Waals surface area contributed by atoms with Crippen LogP contribution in [0.5, 0.6) is 0 Å². The topological polar surface area (TPSA) is 68.0 Å². The second-order valence-corrected chi connectivity index (χ2v) is 8.33. The minimum Gasteiger partial charge on any atom is -0.327 e. The van der Waals surface area contributed by atoms with Crippen molar-refractivity contribution in [3.05, 3.63) is 32.0 Å². The number of thiazole rings is 1. The summed E-state index contributed by atoms with van der Waals surface area (Å²) in [5.41, 5.74) is 8.48. The second-order valence-electron chi connectivity index (χ2n) is 6.11. The molecule has 124 valence electrons. The molecule has 7 heteroatoms. The number of amides is 1. The molecule has 0 saturated heterocycles. The van der Waals surface area contributed by atoms with E-state index in [1.54, 1.807) is 22.7 Å². The van der Waals surface area contributed by atoms with E-state index in [-0.39, 0.29) is 24.4 Å². The average Bonchev–Trinajstić information content (AvgIpc) is 3.09. The van der Waals surface area contributed by atoms with E-state index in [0.29, 0.717) is 0 Å². The van der Waals surface area contributed by atoms with Gasteiger partial charge >= 0.3 is 0 Å². The van der Waals surface area contributed by atoms with Crippen LogP contribution < -0.4 is 11.1 Å². The number of thiophene rings is 1. The van der Waals surface area contributed by atoms with Gasteiger partial charge in [-0.2, -0.15) is 0 Å². The lowest BCUT2D eigenvalue weighted by molar-refractivity contribution is 0.103. The summed E-state index contributed by atoms with van der Waals surface area (Å²) in [4.78, 5) is 20.5. The smallest absolute Gasteiger partial charge is 0.267 e. The van der Waals surface area contributed by atoms with Crippen LogP contribution in [0.4, 0.5) is 5.13 Å². The van der Waals surface area contributed by atoms with E-state index in [4.69, 9.17) is 5.73 Å². The Morgan fingerprint density at radius 2 is 2.04 bits per heavy atom. The van der Waals surface area contributed by atoms with Crippen molar-refractivity contribution in [2.45, 2.75) is 51.0 Å². The molecule has 2 heterocycles. The van der Waals surface area contributed by atoms with Crippen molar-refractivity contribution in [1.82, 2.24) is 4.98 Å². The zero-order valence-corrected chi connectivity index (χ0v) is 15.2. The van der Waals surface area contributed by atoms with Crippen LogP contribution in [0.3, 0.4) is 0 Å². The van der Waals surface area contributed by atoms with Crippen molar-refractivity contribution in [2.24, 2.45) is 5.73 Å². The number of hydrogen-bond donors (Lipinski definition) is 2. The number of carbonyl (C=O) groups excluding carboxylic acids is 1. The Balaban J connectivity index is 0.00000156. The van der Waals surface area contributed by atoms with E-state index < -0.39 is 0 Å². The summed E-state index contributed by atoms with van der Waals surface area (Å²) >= 11 is 3.22. The Morgan fingerprint density at radius 3 is 2.87 bits per heavy atom. The first kappa shape index (κ1) is 16.9. The SMILES string of the molecule is Cl.N[C@H]1CCc2nc(NC(=O)c3cc4c(s3)CCCC4)sc2C1. The molecule has 4 rings (SSSR count). The summed E-state index contributed by atoms with van der Waals surface area (Å²) in [6.07, 6.45) is 7.52. The lowest BCUT2D eigenvalue weighted by Crippen LogP contribution is -2.26. The number of nitrogens with two attached hydrogens (primary N) is 1. The predicted molar refractivity (Wildman–Crippen MR) is 98.3 cm³/mol. The van der Waals surface area contributed by atoms with E-state index in [1.165, 1.54) is 28.2 Å². The molecule has 0 radical (unpaired) electrons. The highest BCUT2D eigenvalue weighted by atomic mass is 35.5. The standard InChI is InChI=1S/C16H19N3OS2.ClH/c17-10-5-6-11-13(8-10)22-16(18-11)19-15(20)14-7-9-3-1-2-4-12(9)21-14;/h7,10H,1-6,8,17H2,(H,18,19,20);1H/t10-;/m0./s1. The Hall–Kier alpha value is -0.950. The van der Waals surface area contributed by atoms with Crippen LogP contribution >= 0.6 is 35.1 Å². The molecule has 2 aromatic rings. The fraction of sp³-hybridized carbons (Fsp3) is 0.500. The highest BCUT2D eigenvalue weighted by Gasteiger charge is 2.22. The maximum absolute atomic E-state index is 12.5. The molecule has 2 aliphatic carbocycles. The third-order valence-corrected chi connectivity index (χ3v) is 6.69. The first-order chi connectivity index (χ1) is 10.7. The van der Waals surface area contributed by atoms with Crippen molar-refractivity contribution in [3.8, 4) is 0 Å². The molecule has 2 aliphatic rings. The number of nitrogens with one attached hydrogen (secondary N) is 1. The molecule has 0 bridgehead atoms. The van der Waals surface area contributed by atoms with Crippen molar-refractivity contribution in [2.75, 3.05) is 5.32 Å². The fourth-order valence-electron chi connectivity index (χ4n) is 3.22. The summed E-state index contributed by atoms with van der Waals surface area (Å²) in [6.45, 7) is 0. The number of hydrogen-bond acceptors (Lipinski definition) is 5. The third-order valence-electron chi connectivity index (χ3n) is 4.42. The Kier molecular flexibility index (Phi) is 5.06. The fourth-order valence-corrected chi connectivity index (χ4v) is 5.46. The summed E-state index contributed by atoms with van der Waals surface area (Å²) < 4.78 is 0. The van der Waals surface area contributed by atoms with E-state index in [2.05, 4.69) is 16.4 Å². The summed E-state index contributed by atoms with van der Waals surface area (Å²) in [5.74, 6) is -0.0187. The first-order valence-electron chi connectivity index (χ1n) is 7.86. The summed E-state index contributed by atoms with van der Waals surface area (Å²) in [7, 11) is 0. The minimum absolute atomic E-state index is 0. The molecular formula is C16H20ClN3OS2. The number of carbonyl (C=O) groups is 1. The number of anilines is 1. The summed E-state index contributed by atoms with van der Waals surface area (Å²) in [6, 6.07) is 2.30. The highest BCUT2D eigenvalue weighted by molar-refractivity contribution is 7.16. The lowest BCUT2D eigenvalue weighted by atomic mass is 9.99. The molecule has 1 atom stereocenters. The van der Waals surface area contributed by atoms with E-state index in [0.717, 1.165) is 47.8 Å². The molecule has 0 aromatic carbocycles. The second kappa shape index (κ2) is 6.89. The van der Waals surface area contributed by atoms with E-state index >= 15 is 0 Å². The Labute approximate surface area is 149 Å². The molecule has 1 amide bonds. The monoisotopic (exact) mass is 369 g/mol. The molecule has 4 nitrogen and oxygen atoms in total. The third kappa shape index (κ3) is 3.45. The van der Waals surface area contributed by atoms with Gasteiger partial charge in [0.25, 0.3) is 5.91 Å². The molecular weight excluding hydrogens is 350 g/mol. The van der Waals surface area contributed by atoms with Crippen LogP contribution in [-0.4, -0.2) is 16.9 Å². The van der Waals surface area contributed by atoms with Gasteiger partial charge in [0.1, 0.15) is 0 Å². The molecule has 0 fully saturated rings. The van der Waals surface area contributed by atoms with Crippen LogP contribution in [0, 0.1) is 0 Å². The van der Waals surface area contributed by atoms with Crippen molar-refractivity contribution in [1.29, 1.82) is 0 Å². The molecule has 23 heavy (non-hydrogen) atoms. The van der Waals surface area contributed by atoms with Gasteiger partial charge in [-0.1, -0.05) is 0 Å². The van der Waals surface area contributed by atoms with E-state index in [9.17, 15) is 4.79 Å². The number of fused-ring (bicyclic) bond motifs is 2. The Morgan fingerprint density at radius 1 is 1.22 bits per heavy atom. The van der Waals surface area contributed by atoms with Crippen LogP contribution in [0.25, 0.3) is 0 Å². The van der Waals surface area contributed by atoms with Gasteiger partial charge in [0.15, 0.2) is 5.13 Å². The molecule has 3 N–H and O–H groups in total. The van der Waals surface area contributed by atoms with Crippen molar-refractivity contribution >= 4 is 46.1 Å². The molecule has 0 aliphatic heterocycles. The van der Waals surface area contributed by atoms with Gasteiger partial charge in [0, 0.05) is 15.8 Å². The zero-order valence-electron chi connectivity index (χ0n) is 12.8. The molecule has 2 aromatic heterocycles. The molecule has 0 unspecified atom stereocenters. The van der Waals surface area contributed by atoms with Crippen molar-refractivity contribution in [3.63, 3.8) is 0 Å².